The monoisotopic (exact) mass is 434 g/mol. The Bertz CT molecular complexity index is 1340. The van der Waals surface area contributed by atoms with Crippen LogP contribution >= 0.6 is 0 Å². The molecule has 162 valence electrons. The van der Waals surface area contributed by atoms with E-state index in [1.54, 1.807) is 12.1 Å². The van der Waals surface area contributed by atoms with Crippen LogP contribution in [0.2, 0.25) is 0 Å². The van der Waals surface area contributed by atoms with Gasteiger partial charge in [-0.15, -0.1) is 0 Å². The molecule has 0 fully saturated rings. The van der Waals surface area contributed by atoms with Gasteiger partial charge in [-0.05, 0) is 60.4 Å². The molecular weight excluding hydrogens is 414 g/mol. The van der Waals surface area contributed by atoms with Crippen molar-refractivity contribution >= 4 is 17.1 Å². The first-order valence-electron chi connectivity index (χ1n) is 10.0. The normalized spacial score (nSPS) is 12.0. The van der Waals surface area contributed by atoms with Crippen LogP contribution in [-0.4, -0.2) is 5.11 Å². The molecule has 0 radical (unpaired) electrons. The van der Waals surface area contributed by atoms with E-state index >= 15 is 0 Å². The Morgan fingerprint density at radius 2 is 1.62 bits per heavy atom. The summed E-state index contributed by atoms with van der Waals surface area (Å²) >= 11 is 0. The molecule has 0 saturated heterocycles. The highest BCUT2D eigenvalue weighted by atomic mass is 19.1. The number of rotatable bonds is 7. The lowest BCUT2D eigenvalue weighted by Crippen LogP contribution is -2.32. The van der Waals surface area contributed by atoms with E-state index in [1.165, 1.54) is 12.1 Å². The molecule has 0 bridgehead atoms. The van der Waals surface area contributed by atoms with Crippen LogP contribution in [0.15, 0.2) is 76.3 Å². The maximum absolute atomic E-state index is 13.6. The molecule has 5 nitrogen and oxygen atoms in total. The molecule has 0 spiro atoms. The first-order chi connectivity index (χ1) is 15.3. The van der Waals surface area contributed by atoms with E-state index in [-0.39, 0.29) is 11.7 Å². The van der Waals surface area contributed by atoms with Crippen LogP contribution in [0, 0.1) is 11.6 Å². The first-order valence-corrected chi connectivity index (χ1v) is 10.0. The quantitative estimate of drug-likeness (QED) is 0.365. The predicted molar refractivity (Wildman–Crippen MR) is 120 cm³/mol. The fourth-order valence-electron chi connectivity index (χ4n) is 3.58. The molecule has 1 atom stereocenters. The van der Waals surface area contributed by atoms with Gasteiger partial charge in [-0.2, -0.15) is 0 Å². The lowest BCUT2D eigenvalue weighted by atomic mass is 10.0. The summed E-state index contributed by atoms with van der Waals surface area (Å²) in [6.45, 7) is 1.83. The molecule has 7 heteroatoms. The van der Waals surface area contributed by atoms with Crippen molar-refractivity contribution in [1.82, 2.24) is 0 Å². The van der Waals surface area contributed by atoms with E-state index in [2.05, 4.69) is 10.6 Å². The van der Waals surface area contributed by atoms with E-state index < -0.39 is 28.2 Å². The summed E-state index contributed by atoms with van der Waals surface area (Å²) in [7, 11) is 0. The van der Waals surface area contributed by atoms with Crippen LogP contribution in [-0.2, 0) is 6.42 Å². The van der Waals surface area contributed by atoms with Crippen molar-refractivity contribution in [3.63, 3.8) is 0 Å². The Hall–Kier alpha value is -4.00. The number of para-hydroxylation sites is 1. The van der Waals surface area contributed by atoms with Gasteiger partial charge in [-0.25, -0.2) is 8.78 Å². The third kappa shape index (κ3) is 4.37. The Morgan fingerprint density at radius 1 is 0.906 bits per heavy atom. The molecule has 0 aromatic heterocycles. The molecule has 0 aliphatic rings. The van der Waals surface area contributed by atoms with Gasteiger partial charge in [0.15, 0.2) is 5.75 Å². The highest BCUT2D eigenvalue weighted by molar-refractivity contribution is 5.69. The predicted octanol–water partition coefficient (Wildman–Crippen LogP) is 4.77. The maximum atomic E-state index is 13.6. The topological polar surface area (TPSA) is 78.4 Å². The Balaban J connectivity index is 1.53. The molecule has 0 amide bonds. The van der Waals surface area contributed by atoms with Gasteiger partial charge in [-0.3, -0.25) is 9.59 Å². The number of hydrogen-bond acceptors (Lipinski definition) is 5. The van der Waals surface area contributed by atoms with E-state index in [0.717, 1.165) is 22.9 Å². The average molecular weight is 434 g/mol. The third-order valence-corrected chi connectivity index (χ3v) is 5.25. The first kappa shape index (κ1) is 21.2. The second kappa shape index (κ2) is 8.63. The molecule has 3 N–H and O–H groups in total. The van der Waals surface area contributed by atoms with Crippen LogP contribution in [0.1, 0.15) is 29.7 Å². The Morgan fingerprint density at radius 3 is 2.34 bits per heavy atom. The minimum absolute atomic E-state index is 0.106. The minimum Gasteiger partial charge on any atom is -0.502 e. The van der Waals surface area contributed by atoms with Crippen molar-refractivity contribution in [2.75, 3.05) is 10.6 Å². The van der Waals surface area contributed by atoms with E-state index in [1.807, 2.05) is 43.3 Å². The number of anilines is 3. The number of benzene rings is 3. The van der Waals surface area contributed by atoms with Crippen LogP contribution in [0.4, 0.5) is 25.8 Å². The van der Waals surface area contributed by atoms with Gasteiger partial charge in [-0.1, -0.05) is 30.3 Å². The molecule has 0 saturated carbocycles. The molecule has 0 aliphatic heterocycles. The second-order valence-corrected chi connectivity index (χ2v) is 7.61. The minimum atomic E-state index is -0.893. The Kier molecular flexibility index (Phi) is 5.73. The summed E-state index contributed by atoms with van der Waals surface area (Å²) < 4.78 is 27.2. The molecule has 4 aromatic carbocycles. The number of hydrogen-bond donors (Lipinski definition) is 3. The lowest BCUT2D eigenvalue weighted by molar-refractivity contribution is 0.466. The lowest BCUT2D eigenvalue weighted by Gasteiger charge is -2.19. The van der Waals surface area contributed by atoms with Gasteiger partial charge in [0.1, 0.15) is 17.3 Å². The zero-order chi connectivity index (χ0) is 22.8. The van der Waals surface area contributed by atoms with Gasteiger partial charge in [0.05, 0.1) is 0 Å². The third-order valence-electron chi connectivity index (χ3n) is 5.25. The maximum Gasteiger partial charge on any atom is 0.271 e. The molecule has 4 rings (SSSR count). The average Bonchev–Trinajstić information content (AvgIpc) is 2.77. The van der Waals surface area contributed by atoms with E-state index in [4.69, 9.17) is 0 Å². The fraction of sp³-hybridized carbons (Fsp3) is 0.120. The molecule has 0 heterocycles. The van der Waals surface area contributed by atoms with Crippen LogP contribution in [0.3, 0.4) is 0 Å². The van der Waals surface area contributed by atoms with E-state index in [0.29, 0.717) is 17.7 Å². The van der Waals surface area contributed by atoms with Gasteiger partial charge in [0.25, 0.3) is 10.9 Å². The summed E-state index contributed by atoms with van der Waals surface area (Å²) in [6, 6.07) is 18.0. The van der Waals surface area contributed by atoms with Crippen LogP contribution in [0.25, 0.3) is 0 Å². The molecule has 32 heavy (non-hydrogen) atoms. The zero-order valence-corrected chi connectivity index (χ0v) is 17.2. The number of aromatic hydroxyl groups is 1. The molecule has 1 unspecified atom stereocenters. The summed E-state index contributed by atoms with van der Waals surface area (Å²) in [4.78, 5) is 22.8. The highest BCUT2D eigenvalue weighted by Gasteiger charge is 2.20. The largest absolute Gasteiger partial charge is 0.502 e. The van der Waals surface area contributed by atoms with Crippen LogP contribution < -0.4 is 21.5 Å². The second-order valence-electron chi connectivity index (χ2n) is 7.61. The van der Waals surface area contributed by atoms with Gasteiger partial charge < -0.3 is 15.7 Å². The summed E-state index contributed by atoms with van der Waals surface area (Å²) in [5, 5.41) is 15.6. The van der Waals surface area contributed by atoms with Crippen molar-refractivity contribution in [3.05, 3.63) is 116 Å². The summed E-state index contributed by atoms with van der Waals surface area (Å²) in [6.07, 6.45) is 0.542. The summed E-state index contributed by atoms with van der Waals surface area (Å²) in [5.41, 5.74) is 2.03. The van der Waals surface area contributed by atoms with Gasteiger partial charge in [0, 0.05) is 23.5 Å². The van der Waals surface area contributed by atoms with Gasteiger partial charge in [0.2, 0.25) is 0 Å². The van der Waals surface area contributed by atoms with Crippen molar-refractivity contribution < 1.29 is 13.9 Å². The highest BCUT2D eigenvalue weighted by Crippen LogP contribution is 2.27. The molecular formula is C25H20F2N2O3. The molecule has 4 aromatic rings. The fourth-order valence-corrected chi connectivity index (χ4v) is 3.58. The smallest absolute Gasteiger partial charge is 0.271 e. The zero-order valence-electron chi connectivity index (χ0n) is 17.2. The number of halogens is 2. The van der Waals surface area contributed by atoms with Crippen LogP contribution in [0.5, 0.6) is 5.75 Å². The summed E-state index contributed by atoms with van der Waals surface area (Å²) in [5.74, 6) is -1.81. The van der Waals surface area contributed by atoms with Crippen molar-refractivity contribution in [1.29, 1.82) is 0 Å². The Labute approximate surface area is 182 Å². The standard InChI is InChI=1S/C25H20F2N2O3/c1-14(17-11-18(26)13-19(27)12-17)28-21-8-3-2-6-16(21)9-15-5-4-7-20(10-15)29-22-23(30)25(32)24(22)31/h2-8,10-14,28-30H,9H2,1H3. The van der Waals surface area contributed by atoms with Gasteiger partial charge >= 0.3 is 0 Å². The van der Waals surface area contributed by atoms with E-state index in [9.17, 15) is 23.5 Å². The number of nitrogens with one attached hydrogen (secondary N) is 2. The van der Waals surface area contributed by atoms with Crippen molar-refractivity contribution in [2.45, 2.75) is 19.4 Å². The van der Waals surface area contributed by atoms with Crippen molar-refractivity contribution in [2.24, 2.45) is 0 Å². The SMILES string of the molecule is CC(Nc1ccccc1Cc1cccc(Nc2c(O)c(=O)c2=O)c1)c1cc(F)cc(F)c1. The molecule has 0 aliphatic carbocycles. The van der Waals surface area contributed by atoms with Crippen molar-refractivity contribution in [3.8, 4) is 5.75 Å².